The van der Waals surface area contributed by atoms with Crippen molar-refractivity contribution in [2.45, 2.75) is 219 Å². The van der Waals surface area contributed by atoms with Gasteiger partial charge in [0.15, 0.2) is 116 Å². The zero-order valence-electron chi connectivity index (χ0n) is 65.4. The van der Waals surface area contributed by atoms with Crippen LogP contribution >= 0.6 is 0 Å². The minimum atomic E-state index is -2.62. The SMILES string of the molecule is CCCCCCCCCCOc1c(F)c(F)c(-c2c(F)c(F)c(CCC3CCC(CCCCC)CC3)c(F)c2F)c(F)c1F.COc1c(F)c(F)c(-c2c(F)c(F)c(F)c(F)c2F)c(F)c1F.COc1c(F)c(F)c(-c2c(F)c(F)c(OC)c(F)c2F)c(F)c1F.c1cc2c(c3c1CCCC3)-c1c(ccc3c1CCCC3)CC1(CCCC1)C2. The zero-order chi connectivity index (χ0) is 86.0. The highest BCUT2D eigenvalue weighted by atomic mass is 19.2. The molecule has 8 aromatic carbocycles. The monoisotopic (exact) mass is 1690 g/mol. The molecule has 5 aliphatic carbocycles. The molecule has 0 heterocycles. The van der Waals surface area contributed by atoms with E-state index in [1.54, 1.807) is 44.5 Å². The van der Waals surface area contributed by atoms with Gasteiger partial charge in [0.1, 0.15) is 0 Å². The van der Waals surface area contributed by atoms with Gasteiger partial charge in [-0.3, -0.25) is 0 Å². The third-order valence-corrected chi connectivity index (χ3v) is 23.3. The van der Waals surface area contributed by atoms with Gasteiger partial charge in [0.05, 0.1) is 61.3 Å². The van der Waals surface area contributed by atoms with E-state index in [2.05, 4.69) is 52.3 Å². The standard InChI is InChI=1S/C35H46F8O.C27H32.C14H6F8O2.C13H3F9O/c1-3-5-7-8-9-10-11-13-21-44-35-33(42)31(40)26(32(41)34(35)43)25-29(38)27(36)24(28(37)30(25)39)20-19-23-17-15-22(16-18-23)14-12-6-4-2;1-3-9-23-19(7-1)11-13-21-17-27(15-5-6-16-27)18-22-14-12-20-8-2-4-10-24(20)26(22)25(21)23;1-23-13-9(19)5(15)3(6(16)10(13)20)4-7(17)11(21)14(24-2)12(22)8(4)18;1-23-13-11(21)6(16)3(7(17)12(13)22)2-4(14)8(18)10(20)9(19)5(2)15/h22-23H,3-21H2,1-2H3;11-14H,1-10,15-18H2;1-2H3;1H3. The highest BCUT2D eigenvalue weighted by Crippen LogP contribution is 2.53. The summed E-state index contributed by atoms with van der Waals surface area (Å²) in [6.07, 6.45) is 34.7. The fourth-order valence-corrected chi connectivity index (χ4v) is 17.2. The third kappa shape index (κ3) is 18.6. The number of rotatable bonds is 23. The third-order valence-electron chi connectivity index (χ3n) is 23.3. The molecular formula is C89H87F25O4. The van der Waals surface area contributed by atoms with E-state index in [9.17, 15) is 92.2 Å². The Morgan fingerprint density at radius 2 is 0.559 bits per heavy atom. The number of halogens is 25. The van der Waals surface area contributed by atoms with Gasteiger partial charge in [0, 0.05) is 5.56 Å². The first kappa shape index (κ1) is 91.5. The average Bonchev–Trinajstić information content (AvgIpc) is 1.70. The van der Waals surface area contributed by atoms with Crippen LogP contribution in [0.2, 0.25) is 0 Å². The molecular weight excluding hydrogens is 1610 g/mol. The van der Waals surface area contributed by atoms with E-state index in [4.69, 9.17) is 4.74 Å². The molecule has 0 amide bonds. The zero-order valence-corrected chi connectivity index (χ0v) is 65.4. The predicted molar refractivity (Wildman–Crippen MR) is 394 cm³/mol. The first-order valence-corrected chi connectivity index (χ1v) is 39.6. The molecule has 0 radical (unpaired) electrons. The summed E-state index contributed by atoms with van der Waals surface area (Å²) in [5.74, 6) is -61.5. The second kappa shape index (κ2) is 40.1. The molecule has 0 aromatic heterocycles. The summed E-state index contributed by atoms with van der Waals surface area (Å²) >= 11 is 0. The van der Waals surface area contributed by atoms with Crippen LogP contribution in [0.1, 0.15) is 213 Å². The Bertz CT molecular complexity index is 4680. The van der Waals surface area contributed by atoms with E-state index >= 15 is 17.6 Å². The normalized spacial score (nSPS) is 15.8. The van der Waals surface area contributed by atoms with Crippen molar-refractivity contribution < 1.29 is 129 Å². The quantitative estimate of drug-likeness (QED) is 0.0277. The molecule has 0 unspecified atom stereocenters. The molecule has 29 heteroatoms. The molecule has 642 valence electrons. The molecule has 0 atom stereocenters. The second-order valence-corrected chi connectivity index (χ2v) is 30.7. The van der Waals surface area contributed by atoms with Crippen molar-refractivity contribution >= 4 is 0 Å². The maximum atomic E-state index is 15.1. The van der Waals surface area contributed by atoms with Crippen LogP contribution < -0.4 is 18.9 Å². The highest BCUT2D eigenvalue weighted by molar-refractivity contribution is 5.81. The fraction of sp³-hybridized carbons (Fsp3) is 0.461. The van der Waals surface area contributed by atoms with Crippen molar-refractivity contribution in [2.75, 3.05) is 27.9 Å². The maximum Gasteiger partial charge on any atom is 0.204 e. The van der Waals surface area contributed by atoms with Crippen LogP contribution in [0, 0.1) is 163 Å². The van der Waals surface area contributed by atoms with Crippen molar-refractivity contribution in [3.8, 4) is 67.5 Å². The van der Waals surface area contributed by atoms with E-state index in [0.29, 0.717) is 45.5 Å². The number of hydrogen-bond donors (Lipinski definition) is 0. The van der Waals surface area contributed by atoms with Crippen molar-refractivity contribution in [1.82, 2.24) is 0 Å². The van der Waals surface area contributed by atoms with E-state index in [0.717, 1.165) is 83.5 Å². The van der Waals surface area contributed by atoms with Gasteiger partial charge >= 0.3 is 0 Å². The molecule has 0 aliphatic heterocycles. The summed E-state index contributed by atoms with van der Waals surface area (Å²) < 4.78 is 368. The van der Waals surface area contributed by atoms with Crippen LogP contribution in [-0.4, -0.2) is 27.9 Å². The number of methoxy groups -OCH3 is 3. The van der Waals surface area contributed by atoms with Crippen LogP contribution in [-0.2, 0) is 44.9 Å². The van der Waals surface area contributed by atoms with Crippen molar-refractivity contribution in [3.63, 3.8) is 0 Å². The van der Waals surface area contributed by atoms with Gasteiger partial charge in [-0.1, -0.05) is 147 Å². The molecule has 2 saturated carbocycles. The Labute approximate surface area is 666 Å². The van der Waals surface area contributed by atoms with E-state index < -0.39 is 207 Å². The summed E-state index contributed by atoms with van der Waals surface area (Å²) in [5.41, 5.74) is 1.48. The summed E-state index contributed by atoms with van der Waals surface area (Å²) in [7, 11) is 1.99. The molecule has 0 bridgehead atoms. The average molecular weight is 1700 g/mol. The van der Waals surface area contributed by atoms with Gasteiger partial charge in [-0.05, 0) is 158 Å². The fourth-order valence-electron chi connectivity index (χ4n) is 17.2. The first-order chi connectivity index (χ1) is 56.3. The molecule has 2 fully saturated rings. The van der Waals surface area contributed by atoms with Crippen LogP contribution in [0.5, 0.6) is 23.0 Å². The lowest BCUT2D eigenvalue weighted by atomic mass is 9.76. The number of fused-ring (bicyclic) bond motifs is 7. The lowest BCUT2D eigenvalue weighted by molar-refractivity contribution is 0.248. The van der Waals surface area contributed by atoms with Gasteiger partial charge in [0.25, 0.3) is 0 Å². The lowest BCUT2D eigenvalue weighted by Gasteiger charge is -2.28. The summed E-state index contributed by atoms with van der Waals surface area (Å²) in [6.45, 7) is 4.00. The molecule has 118 heavy (non-hydrogen) atoms. The van der Waals surface area contributed by atoms with Gasteiger partial charge in [-0.2, -0.15) is 35.1 Å². The van der Waals surface area contributed by atoms with Gasteiger partial charge in [0.2, 0.25) is 52.4 Å². The molecule has 4 nitrogen and oxygen atoms in total. The Morgan fingerprint density at radius 3 is 0.907 bits per heavy atom. The Hall–Kier alpha value is -8.79. The predicted octanol–water partition coefficient (Wildman–Crippen LogP) is 28.2. The van der Waals surface area contributed by atoms with Crippen LogP contribution in [0.15, 0.2) is 24.3 Å². The van der Waals surface area contributed by atoms with E-state index in [-0.39, 0.29) is 25.4 Å². The van der Waals surface area contributed by atoms with E-state index in [1.807, 2.05) is 0 Å². The number of ether oxygens (including phenoxy) is 4. The van der Waals surface area contributed by atoms with Crippen molar-refractivity contribution in [1.29, 1.82) is 0 Å². The van der Waals surface area contributed by atoms with Crippen LogP contribution in [0.4, 0.5) is 110 Å². The highest BCUT2D eigenvalue weighted by Gasteiger charge is 2.42. The van der Waals surface area contributed by atoms with Crippen molar-refractivity contribution in [2.24, 2.45) is 17.3 Å². The van der Waals surface area contributed by atoms with Crippen LogP contribution in [0.25, 0.3) is 44.5 Å². The van der Waals surface area contributed by atoms with Crippen molar-refractivity contribution in [3.05, 3.63) is 209 Å². The molecule has 8 aromatic rings. The Balaban J connectivity index is 0.000000172. The van der Waals surface area contributed by atoms with Crippen LogP contribution in [0.3, 0.4) is 0 Å². The molecule has 5 aliphatic rings. The number of benzene rings is 8. The minimum Gasteiger partial charge on any atom is -0.491 e. The topological polar surface area (TPSA) is 36.9 Å². The second-order valence-electron chi connectivity index (χ2n) is 30.7. The molecule has 1 spiro atoms. The Kier molecular flexibility index (Phi) is 31.1. The summed E-state index contributed by atoms with van der Waals surface area (Å²) in [4.78, 5) is 0. The minimum absolute atomic E-state index is 0.124. The molecule has 0 N–H and O–H groups in total. The Morgan fingerprint density at radius 1 is 0.280 bits per heavy atom. The molecule has 13 rings (SSSR count). The number of aryl methyl sites for hydroxylation is 2. The first-order valence-electron chi connectivity index (χ1n) is 39.6. The summed E-state index contributed by atoms with van der Waals surface area (Å²) in [5, 5.41) is 0. The van der Waals surface area contributed by atoms with Gasteiger partial charge < -0.3 is 18.9 Å². The number of unbranched alkanes of at least 4 members (excludes halogenated alkanes) is 9. The molecule has 0 saturated heterocycles. The van der Waals surface area contributed by atoms with E-state index in [1.165, 1.54) is 96.3 Å². The number of hydrogen-bond acceptors (Lipinski definition) is 4. The lowest BCUT2D eigenvalue weighted by Crippen LogP contribution is -2.22. The smallest absolute Gasteiger partial charge is 0.204 e. The van der Waals surface area contributed by atoms with Gasteiger partial charge in [-0.25, -0.2) is 74.6 Å². The largest absolute Gasteiger partial charge is 0.491 e. The maximum absolute atomic E-state index is 15.1. The van der Waals surface area contributed by atoms with Gasteiger partial charge in [-0.15, -0.1) is 0 Å². The summed E-state index contributed by atoms with van der Waals surface area (Å²) in [6, 6.07) is 10.1.